The molecule has 1 amide bonds. The van der Waals surface area contributed by atoms with Gasteiger partial charge in [-0.3, -0.25) is 4.79 Å². The molecule has 6 nitrogen and oxygen atoms in total. The molecule has 3 aromatic rings. The average molecular weight is 345 g/mol. The summed E-state index contributed by atoms with van der Waals surface area (Å²) in [6.07, 6.45) is 7.80. The molecule has 0 atom stereocenters. The number of nitrogens with one attached hydrogen (secondary N) is 1. The molecule has 0 radical (unpaired) electrons. The van der Waals surface area contributed by atoms with Gasteiger partial charge in [-0.15, -0.1) is 0 Å². The van der Waals surface area contributed by atoms with Gasteiger partial charge in [0.15, 0.2) is 0 Å². The Morgan fingerprint density at radius 1 is 0.962 bits per heavy atom. The number of amides is 1. The van der Waals surface area contributed by atoms with Gasteiger partial charge in [0.25, 0.3) is 0 Å². The van der Waals surface area contributed by atoms with Crippen molar-refractivity contribution < 1.29 is 4.79 Å². The summed E-state index contributed by atoms with van der Waals surface area (Å²) in [6.45, 7) is 0. The number of carbonyl (C=O) groups is 1. The van der Waals surface area contributed by atoms with Crippen LogP contribution in [0.15, 0.2) is 61.1 Å². The van der Waals surface area contributed by atoms with Crippen LogP contribution in [0, 0.1) is 0 Å². The lowest BCUT2D eigenvalue weighted by atomic mass is 9.63. The highest BCUT2D eigenvalue weighted by atomic mass is 16.2. The summed E-state index contributed by atoms with van der Waals surface area (Å²) in [5.74, 6) is 0.843. The first-order valence-electron chi connectivity index (χ1n) is 8.58. The van der Waals surface area contributed by atoms with E-state index >= 15 is 0 Å². The molecule has 2 aromatic heterocycles. The number of aromatic nitrogens is 3. The van der Waals surface area contributed by atoms with E-state index in [0.29, 0.717) is 5.82 Å². The number of carbonyl (C=O) groups excluding carboxylic acids is 1. The topological polar surface area (TPSA) is 93.8 Å². The molecule has 0 aliphatic heterocycles. The summed E-state index contributed by atoms with van der Waals surface area (Å²) in [6, 6.07) is 13.5. The van der Waals surface area contributed by atoms with Gasteiger partial charge in [-0.05, 0) is 36.1 Å². The van der Waals surface area contributed by atoms with E-state index in [1.165, 1.54) is 0 Å². The second-order valence-electron chi connectivity index (χ2n) is 6.51. The molecule has 1 aliphatic rings. The van der Waals surface area contributed by atoms with Crippen LogP contribution in [0.4, 0.5) is 11.8 Å². The maximum Gasteiger partial charge on any atom is 0.236 e. The lowest BCUT2D eigenvalue weighted by molar-refractivity contribution is -0.124. The predicted octanol–water partition coefficient (Wildman–Crippen LogP) is 3.18. The molecule has 0 bridgehead atoms. The van der Waals surface area contributed by atoms with E-state index in [1.807, 2.05) is 36.4 Å². The fraction of sp³-hybridized carbons (Fsp3) is 0.200. The molecule has 1 aromatic carbocycles. The molecule has 1 aliphatic carbocycles. The van der Waals surface area contributed by atoms with Crippen molar-refractivity contribution in [2.24, 2.45) is 0 Å². The van der Waals surface area contributed by atoms with Crippen LogP contribution in [0.3, 0.4) is 0 Å². The smallest absolute Gasteiger partial charge is 0.236 e. The molecular weight excluding hydrogens is 326 g/mol. The van der Waals surface area contributed by atoms with Crippen LogP contribution in [0.1, 0.15) is 24.8 Å². The number of rotatable bonds is 4. The second-order valence-corrected chi connectivity index (χ2v) is 6.51. The second kappa shape index (κ2) is 6.55. The minimum absolute atomic E-state index is 0.00557. The van der Waals surface area contributed by atoms with E-state index in [4.69, 9.17) is 5.73 Å². The highest BCUT2D eigenvalue weighted by molar-refractivity contribution is 5.99. The normalized spacial score (nSPS) is 15.1. The van der Waals surface area contributed by atoms with Crippen molar-refractivity contribution in [1.29, 1.82) is 0 Å². The predicted molar refractivity (Wildman–Crippen MR) is 100 cm³/mol. The Hall–Kier alpha value is -3.28. The van der Waals surface area contributed by atoms with Crippen molar-refractivity contribution >= 4 is 17.7 Å². The van der Waals surface area contributed by atoms with Gasteiger partial charge in [0.1, 0.15) is 5.82 Å². The average Bonchev–Trinajstić information content (AvgIpc) is 2.63. The maximum atomic E-state index is 12.9. The fourth-order valence-corrected chi connectivity index (χ4v) is 3.32. The summed E-state index contributed by atoms with van der Waals surface area (Å²) < 4.78 is 0. The third-order valence-electron chi connectivity index (χ3n) is 4.99. The van der Waals surface area contributed by atoms with E-state index in [1.54, 1.807) is 24.7 Å². The van der Waals surface area contributed by atoms with Crippen molar-refractivity contribution in [3.63, 3.8) is 0 Å². The molecule has 0 spiro atoms. The number of benzene rings is 1. The van der Waals surface area contributed by atoms with E-state index in [2.05, 4.69) is 20.3 Å². The number of nitrogen functional groups attached to an aromatic ring is 1. The van der Waals surface area contributed by atoms with Crippen LogP contribution in [-0.4, -0.2) is 20.9 Å². The number of hydrogen-bond donors (Lipinski definition) is 2. The third kappa shape index (κ3) is 2.90. The summed E-state index contributed by atoms with van der Waals surface area (Å²) in [4.78, 5) is 25.2. The first kappa shape index (κ1) is 16.2. The highest BCUT2D eigenvalue weighted by Crippen LogP contribution is 2.45. The van der Waals surface area contributed by atoms with Crippen LogP contribution in [0.2, 0.25) is 0 Å². The van der Waals surface area contributed by atoms with Crippen LogP contribution >= 0.6 is 0 Å². The van der Waals surface area contributed by atoms with Gasteiger partial charge < -0.3 is 11.1 Å². The zero-order valence-electron chi connectivity index (χ0n) is 14.2. The number of nitrogens with two attached hydrogens (primary N) is 1. The lowest BCUT2D eigenvalue weighted by Gasteiger charge is -2.40. The van der Waals surface area contributed by atoms with Gasteiger partial charge in [0.05, 0.1) is 5.41 Å². The summed E-state index contributed by atoms with van der Waals surface area (Å²) in [5, 5.41) is 2.95. The van der Waals surface area contributed by atoms with Gasteiger partial charge in [-0.2, -0.15) is 0 Å². The summed E-state index contributed by atoms with van der Waals surface area (Å²) in [7, 11) is 0. The largest absolute Gasteiger partial charge is 0.368 e. The van der Waals surface area contributed by atoms with Gasteiger partial charge in [0, 0.05) is 24.2 Å². The molecule has 26 heavy (non-hydrogen) atoms. The fourth-order valence-electron chi connectivity index (χ4n) is 3.32. The quantitative estimate of drug-likeness (QED) is 0.757. The van der Waals surface area contributed by atoms with Gasteiger partial charge in [-0.1, -0.05) is 36.8 Å². The number of pyridine rings is 1. The molecule has 1 fully saturated rings. The zero-order valence-corrected chi connectivity index (χ0v) is 14.2. The molecular formula is C20H19N5O. The minimum Gasteiger partial charge on any atom is -0.368 e. The SMILES string of the molecule is Nc1ncc(-c2ccc(C3(C(=O)Nc4ccccn4)CCC3)cc2)cn1. The van der Waals surface area contributed by atoms with Crippen LogP contribution in [0.5, 0.6) is 0 Å². The Kier molecular flexibility index (Phi) is 4.08. The summed E-state index contributed by atoms with van der Waals surface area (Å²) in [5.41, 5.74) is 7.97. The highest BCUT2D eigenvalue weighted by Gasteiger charge is 2.45. The standard InChI is InChI=1S/C20H19N5O/c21-19-23-12-15(13-24-19)14-5-7-16(8-6-14)20(9-3-10-20)18(26)25-17-4-1-2-11-22-17/h1-2,4-8,11-13H,3,9-10H2,(H2,21,23,24)(H,22,25,26). The van der Waals surface area contributed by atoms with Gasteiger partial charge >= 0.3 is 0 Å². The Morgan fingerprint density at radius 2 is 1.69 bits per heavy atom. The van der Waals surface area contributed by atoms with Crippen LogP contribution < -0.4 is 11.1 Å². The van der Waals surface area contributed by atoms with Gasteiger partial charge in [-0.25, -0.2) is 15.0 Å². The van der Waals surface area contributed by atoms with Crippen molar-refractivity contribution in [2.75, 3.05) is 11.1 Å². The molecule has 0 saturated heterocycles. The van der Waals surface area contributed by atoms with Crippen molar-refractivity contribution in [3.8, 4) is 11.1 Å². The van der Waals surface area contributed by atoms with Crippen LogP contribution in [-0.2, 0) is 10.2 Å². The first-order valence-corrected chi connectivity index (χ1v) is 8.58. The molecule has 4 rings (SSSR count). The lowest BCUT2D eigenvalue weighted by Crippen LogP contribution is -2.46. The Labute approximate surface area is 151 Å². The maximum absolute atomic E-state index is 12.9. The summed E-state index contributed by atoms with van der Waals surface area (Å²) >= 11 is 0. The number of anilines is 2. The molecule has 130 valence electrons. The molecule has 0 unspecified atom stereocenters. The monoisotopic (exact) mass is 345 g/mol. The van der Waals surface area contributed by atoms with E-state index in [-0.39, 0.29) is 11.9 Å². The zero-order chi connectivity index (χ0) is 18.0. The number of hydrogen-bond acceptors (Lipinski definition) is 5. The molecule has 6 heteroatoms. The minimum atomic E-state index is -0.479. The van der Waals surface area contributed by atoms with E-state index in [0.717, 1.165) is 36.0 Å². The molecule has 1 saturated carbocycles. The number of nitrogens with zero attached hydrogens (tertiary/aromatic N) is 3. The Bertz CT molecular complexity index is 903. The Morgan fingerprint density at radius 3 is 2.27 bits per heavy atom. The Balaban J connectivity index is 1.58. The molecule has 2 heterocycles. The van der Waals surface area contributed by atoms with Crippen molar-refractivity contribution in [2.45, 2.75) is 24.7 Å². The third-order valence-corrected chi connectivity index (χ3v) is 4.99. The van der Waals surface area contributed by atoms with Crippen LogP contribution in [0.25, 0.3) is 11.1 Å². The van der Waals surface area contributed by atoms with E-state index < -0.39 is 5.41 Å². The first-order chi connectivity index (χ1) is 12.7. The van der Waals surface area contributed by atoms with E-state index in [9.17, 15) is 4.79 Å². The van der Waals surface area contributed by atoms with Crippen molar-refractivity contribution in [3.05, 3.63) is 66.6 Å². The van der Waals surface area contributed by atoms with Crippen molar-refractivity contribution in [1.82, 2.24) is 15.0 Å². The molecule has 3 N–H and O–H groups in total. The van der Waals surface area contributed by atoms with Gasteiger partial charge in [0.2, 0.25) is 11.9 Å².